The van der Waals surface area contributed by atoms with E-state index in [1.54, 1.807) is 6.07 Å². The average Bonchev–Trinajstić information content (AvgIpc) is 2.62. The Morgan fingerprint density at radius 2 is 1.82 bits per heavy atom. The molecule has 9 nitrogen and oxygen atoms in total. The van der Waals surface area contributed by atoms with E-state index in [2.05, 4.69) is 0 Å². The number of aliphatic hydroxyl groups excluding tert-OH is 3. The van der Waals surface area contributed by atoms with E-state index in [9.17, 15) is 24.9 Å². The zero-order valence-corrected chi connectivity index (χ0v) is 15.9. The highest BCUT2D eigenvalue weighted by atomic mass is 16.7. The molecule has 1 saturated heterocycles. The van der Waals surface area contributed by atoms with Crippen molar-refractivity contribution in [2.45, 2.75) is 63.8 Å². The van der Waals surface area contributed by atoms with Crippen LogP contribution in [0.2, 0.25) is 0 Å². The van der Waals surface area contributed by atoms with Gasteiger partial charge >= 0.3 is 11.9 Å². The second-order valence-electron chi connectivity index (χ2n) is 7.07. The number of aryl methyl sites for hydroxylation is 1. The Labute approximate surface area is 162 Å². The number of esters is 1. The summed E-state index contributed by atoms with van der Waals surface area (Å²) in [6.45, 7) is 5.34. The largest absolute Gasteiger partial charge is 0.481 e. The zero-order chi connectivity index (χ0) is 21.0. The number of carbonyl (C=O) groups is 2. The van der Waals surface area contributed by atoms with Crippen LogP contribution < -0.4 is 4.74 Å². The summed E-state index contributed by atoms with van der Waals surface area (Å²) in [7, 11) is 0. The first kappa shape index (κ1) is 22.1. The van der Waals surface area contributed by atoms with Crippen molar-refractivity contribution in [1.29, 1.82) is 0 Å². The van der Waals surface area contributed by atoms with Crippen molar-refractivity contribution in [3.8, 4) is 5.75 Å². The number of benzene rings is 1. The second kappa shape index (κ2) is 9.33. The molecular formula is C19H26O9. The number of carbonyl (C=O) groups excluding carboxylic acids is 1. The molecule has 2 rings (SSSR count). The van der Waals surface area contributed by atoms with E-state index in [0.717, 1.165) is 11.1 Å². The molecule has 1 aliphatic heterocycles. The lowest BCUT2D eigenvalue weighted by Crippen LogP contribution is -2.60. The molecule has 156 valence electrons. The molecule has 0 aliphatic carbocycles. The van der Waals surface area contributed by atoms with Crippen molar-refractivity contribution in [1.82, 2.24) is 0 Å². The maximum absolute atomic E-state index is 11.4. The van der Waals surface area contributed by atoms with Crippen LogP contribution in [0.5, 0.6) is 5.75 Å². The van der Waals surface area contributed by atoms with E-state index in [4.69, 9.17) is 19.3 Å². The highest BCUT2D eigenvalue weighted by molar-refractivity contribution is 5.90. The molecule has 1 aromatic rings. The Morgan fingerprint density at radius 1 is 1.14 bits per heavy atom. The minimum Gasteiger partial charge on any atom is -0.481 e. The zero-order valence-electron chi connectivity index (χ0n) is 15.9. The molecule has 1 heterocycles. The van der Waals surface area contributed by atoms with Gasteiger partial charge in [-0.2, -0.15) is 0 Å². The smallest absolute Gasteiger partial charge is 0.317 e. The van der Waals surface area contributed by atoms with E-state index in [-0.39, 0.29) is 5.92 Å². The van der Waals surface area contributed by atoms with Crippen molar-refractivity contribution in [3.63, 3.8) is 0 Å². The molecule has 0 spiro atoms. The summed E-state index contributed by atoms with van der Waals surface area (Å²) in [4.78, 5) is 21.9. The summed E-state index contributed by atoms with van der Waals surface area (Å²) >= 11 is 0. The molecule has 5 atom stereocenters. The van der Waals surface area contributed by atoms with Gasteiger partial charge in [-0.1, -0.05) is 26.0 Å². The molecule has 9 heteroatoms. The van der Waals surface area contributed by atoms with Crippen LogP contribution in [-0.2, 0) is 19.1 Å². The molecule has 28 heavy (non-hydrogen) atoms. The molecule has 5 unspecified atom stereocenters. The lowest BCUT2D eigenvalue weighted by atomic mass is 9.99. The Morgan fingerprint density at radius 3 is 2.43 bits per heavy atom. The third-order valence-corrected chi connectivity index (χ3v) is 4.49. The van der Waals surface area contributed by atoms with Crippen molar-refractivity contribution in [2.75, 3.05) is 6.61 Å². The van der Waals surface area contributed by atoms with Crippen LogP contribution in [0.1, 0.15) is 37.3 Å². The van der Waals surface area contributed by atoms with Crippen LogP contribution in [0, 0.1) is 6.92 Å². The van der Waals surface area contributed by atoms with E-state index < -0.39 is 55.7 Å². The number of carboxylic acids is 1. The maximum Gasteiger partial charge on any atom is 0.317 e. The van der Waals surface area contributed by atoms with Crippen molar-refractivity contribution in [2.24, 2.45) is 0 Å². The van der Waals surface area contributed by atoms with Gasteiger partial charge in [0.15, 0.2) is 0 Å². The van der Waals surface area contributed by atoms with Crippen molar-refractivity contribution < 1.29 is 44.2 Å². The number of hydrogen-bond donors (Lipinski definition) is 4. The molecule has 1 aromatic carbocycles. The first-order valence-corrected chi connectivity index (χ1v) is 8.94. The van der Waals surface area contributed by atoms with E-state index >= 15 is 0 Å². The van der Waals surface area contributed by atoms with Crippen LogP contribution in [0.15, 0.2) is 18.2 Å². The molecule has 0 aromatic heterocycles. The minimum atomic E-state index is -1.60. The predicted octanol–water partition coefficient (Wildman–Crippen LogP) is 0.323. The van der Waals surface area contributed by atoms with Gasteiger partial charge in [0, 0.05) is 0 Å². The lowest BCUT2D eigenvalue weighted by Gasteiger charge is -2.40. The summed E-state index contributed by atoms with van der Waals surface area (Å²) in [5.41, 5.74) is 1.79. The second-order valence-corrected chi connectivity index (χ2v) is 7.07. The Balaban J connectivity index is 2.10. The summed E-state index contributed by atoms with van der Waals surface area (Å²) in [5.74, 6) is -1.68. The van der Waals surface area contributed by atoms with Gasteiger partial charge in [0.05, 0.1) is 0 Å². The van der Waals surface area contributed by atoms with Gasteiger partial charge in [0.1, 0.15) is 43.2 Å². The molecule has 0 saturated carbocycles. The predicted molar refractivity (Wildman–Crippen MR) is 95.8 cm³/mol. The van der Waals surface area contributed by atoms with E-state index in [1.807, 2.05) is 32.9 Å². The summed E-state index contributed by atoms with van der Waals surface area (Å²) in [5, 5.41) is 38.9. The van der Waals surface area contributed by atoms with Crippen LogP contribution >= 0.6 is 0 Å². The van der Waals surface area contributed by atoms with E-state index in [1.165, 1.54) is 0 Å². The number of ether oxygens (including phenoxy) is 3. The van der Waals surface area contributed by atoms with Crippen molar-refractivity contribution >= 4 is 11.9 Å². The van der Waals surface area contributed by atoms with Gasteiger partial charge in [-0.3, -0.25) is 9.59 Å². The average molecular weight is 398 g/mol. The number of rotatable bonds is 7. The molecule has 0 bridgehead atoms. The third kappa shape index (κ3) is 5.41. The van der Waals surface area contributed by atoms with Gasteiger partial charge in [-0.05, 0) is 30.0 Å². The first-order chi connectivity index (χ1) is 13.1. The summed E-state index contributed by atoms with van der Waals surface area (Å²) < 4.78 is 16.0. The first-order valence-electron chi connectivity index (χ1n) is 8.94. The van der Waals surface area contributed by atoms with Crippen molar-refractivity contribution in [3.05, 3.63) is 29.3 Å². The Hall–Kier alpha value is -2.20. The fourth-order valence-corrected chi connectivity index (χ4v) is 2.73. The molecule has 0 amide bonds. The standard InChI is InChI=1S/C19H26O9/c1-9(2)11-5-4-10(3)12(6-11)27-19-18(25)17(24)16(23)13(28-19)8-26-15(22)7-14(20)21/h4-6,9,13,16-19,23-25H,7-8H2,1-3H3,(H,20,21). The normalized spacial score (nSPS) is 27.5. The maximum atomic E-state index is 11.4. The SMILES string of the molecule is Cc1ccc(C(C)C)cc1OC1OC(COC(=O)CC(=O)O)C(O)C(O)C1O. The highest BCUT2D eigenvalue weighted by Gasteiger charge is 2.45. The number of aliphatic hydroxyl groups is 3. The number of aliphatic carboxylic acids is 1. The highest BCUT2D eigenvalue weighted by Crippen LogP contribution is 2.29. The quantitative estimate of drug-likeness (QED) is 0.377. The molecule has 4 N–H and O–H groups in total. The molecular weight excluding hydrogens is 372 g/mol. The third-order valence-electron chi connectivity index (χ3n) is 4.49. The fourth-order valence-electron chi connectivity index (χ4n) is 2.73. The summed E-state index contributed by atoms with van der Waals surface area (Å²) in [6, 6.07) is 5.61. The Bertz CT molecular complexity index is 703. The fraction of sp³-hybridized carbons (Fsp3) is 0.579. The molecule has 1 fully saturated rings. The minimum absolute atomic E-state index is 0.244. The monoisotopic (exact) mass is 398 g/mol. The van der Waals surface area contributed by atoms with Gasteiger partial charge in [0.2, 0.25) is 6.29 Å². The van der Waals surface area contributed by atoms with Crippen LogP contribution in [-0.4, -0.2) is 69.7 Å². The number of hydrogen-bond acceptors (Lipinski definition) is 8. The molecule has 1 aliphatic rings. The van der Waals surface area contributed by atoms with Crippen LogP contribution in [0.3, 0.4) is 0 Å². The number of carboxylic acid groups (broad SMARTS) is 1. The van der Waals surface area contributed by atoms with Gasteiger partial charge < -0.3 is 34.6 Å². The topological polar surface area (TPSA) is 143 Å². The molecule has 0 radical (unpaired) electrons. The van der Waals surface area contributed by atoms with Gasteiger partial charge in [-0.15, -0.1) is 0 Å². The summed E-state index contributed by atoms with van der Waals surface area (Å²) in [6.07, 6.45) is -8.04. The van der Waals surface area contributed by atoms with Crippen LogP contribution in [0.25, 0.3) is 0 Å². The lowest BCUT2D eigenvalue weighted by molar-refractivity contribution is -0.278. The Kier molecular flexibility index (Phi) is 7.36. The van der Waals surface area contributed by atoms with Crippen LogP contribution in [0.4, 0.5) is 0 Å². The van der Waals surface area contributed by atoms with E-state index in [0.29, 0.717) is 5.75 Å². The van der Waals surface area contributed by atoms with Gasteiger partial charge in [0.25, 0.3) is 0 Å². The van der Waals surface area contributed by atoms with Gasteiger partial charge in [-0.25, -0.2) is 0 Å².